The maximum absolute atomic E-state index is 5.46. The van der Waals surface area contributed by atoms with E-state index in [0.717, 1.165) is 16.3 Å². The summed E-state index contributed by atoms with van der Waals surface area (Å²) in [6.07, 6.45) is 3.81. The van der Waals surface area contributed by atoms with Gasteiger partial charge in [0, 0.05) is 29.9 Å². The average Bonchev–Trinajstić information content (AvgIpc) is 2.75. The molecule has 0 radical (unpaired) electrons. The summed E-state index contributed by atoms with van der Waals surface area (Å²) in [4.78, 5) is 7.33. The molecular weight excluding hydrogens is 170 g/mol. The van der Waals surface area contributed by atoms with Gasteiger partial charge in [-0.05, 0) is 6.07 Å². The lowest BCUT2D eigenvalue weighted by Gasteiger charge is -1.87. The maximum Gasteiger partial charge on any atom is 0.107 e. The number of nitrogens with zero attached hydrogens (tertiary/aromatic N) is 1. The van der Waals surface area contributed by atoms with E-state index in [9.17, 15) is 0 Å². The van der Waals surface area contributed by atoms with E-state index >= 15 is 0 Å². The Bertz CT molecular complexity index is 350. The summed E-state index contributed by atoms with van der Waals surface area (Å²) >= 11 is 1.60. The number of aromatic nitrogens is 2. The molecule has 2 heterocycles. The van der Waals surface area contributed by atoms with E-state index in [1.807, 2.05) is 23.8 Å². The summed E-state index contributed by atoms with van der Waals surface area (Å²) in [5.41, 5.74) is 7.57. The molecule has 0 spiro atoms. The fourth-order valence-electron chi connectivity index (χ4n) is 1.02. The molecule has 3 N–H and O–H groups in total. The maximum atomic E-state index is 5.46. The van der Waals surface area contributed by atoms with Crippen LogP contribution in [-0.4, -0.2) is 9.97 Å². The van der Waals surface area contributed by atoms with E-state index in [4.69, 9.17) is 5.73 Å². The van der Waals surface area contributed by atoms with Crippen molar-refractivity contribution in [3.63, 3.8) is 0 Å². The fraction of sp³-hybridized carbons (Fsp3) is 0.125. The predicted molar refractivity (Wildman–Crippen MR) is 49.8 cm³/mol. The third-order valence-electron chi connectivity index (χ3n) is 1.62. The van der Waals surface area contributed by atoms with Gasteiger partial charge >= 0.3 is 0 Å². The lowest BCUT2D eigenvalue weighted by atomic mass is 10.3. The van der Waals surface area contributed by atoms with Crippen molar-refractivity contribution in [3.05, 3.63) is 28.8 Å². The Morgan fingerprint density at radius 1 is 1.58 bits per heavy atom. The first-order valence-corrected chi connectivity index (χ1v) is 4.56. The molecule has 12 heavy (non-hydrogen) atoms. The lowest BCUT2D eigenvalue weighted by Crippen LogP contribution is -1.94. The zero-order chi connectivity index (χ0) is 8.39. The molecule has 0 aliphatic rings. The van der Waals surface area contributed by atoms with E-state index in [2.05, 4.69) is 9.97 Å². The minimum Gasteiger partial charge on any atom is -0.367 e. The molecule has 4 heteroatoms. The summed E-state index contributed by atoms with van der Waals surface area (Å²) in [5, 5.41) is 3.00. The number of thiazole rings is 1. The van der Waals surface area contributed by atoms with Gasteiger partial charge in [-0.25, -0.2) is 4.98 Å². The minimum atomic E-state index is 0.523. The number of hydrogen-bond donors (Lipinski definition) is 2. The van der Waals surface area contributed by atoms with Crippen molar-refractivity contribution >= 4 is 11.3 Å². The van der Waals surface area contributed by atoms with E-state index < -0.39 is 0 Å². The van der Waals surface area contributed by atoms with Crippen molar-refractivity contribution in [2.75, 3.05) is 0 Å². The van der Waals surface area contributed by atoms with Gasteiger partial charge in [0.25, 0.3) is 0 Å². The molecule has 2 aromatic rings. The number of nitrogens with one attached hydrogen (secondary N) is 1. The Hall–Kier alpha value is -1.13. The van der Waals surface area contributed by atoms with Gasteiger partial charge in [0.15, 0.2) is 0 Å². The summed E-state index contributed by atoms with van der Waals surface area (Å²) in [7, 11) is 0. The van der Waals surface area contributed by atoms with Gasteiger partial charge in [-0.1, -0.05) is 0 Å². The summed E-state index contributed by atoms with van der Waals surface area (Å²) in [6, 6.07) is 2.00. The molecule has 0 aromatic carbocycles. The zero-order valence-corrected chi connectivity index (χ0v) is 7.27. The molecule has 0 unspecified atom stereocenters. The van der Waals surface area contributed by atoms with Crippen LogP contribution in [0.15, 0.2) is 23.8 Å². The molecule has 0 fully saturated rings. The molecular formula is C8H9N3S. The Labute approximate surface area is 74.3 Å². The van der Waals surface area contributed by atoms with Crippen LogP contribution in [0.5, 0.6) is 0 Å². The van der Waals surface area contributed by atoms with Gasteiger partial charge < -0.3 is 10.7 Å². The molecule has 2 aromatic heterocycles. The molecule has 0 saturated heterocycles. The highest BCUT2D eigenvalue weighted by Gasteiger charge is 2.02. The smallest absolute Gasteiger partial charge is 0.107 e. The predicted octanol–water partition coefficient (Wildman–Crippen LogP) is 1.60. The Morgan fingerprint density at radius 3 is 3.08 bits per heavy atom. The van der Waals surface area contributed by atoms with Crippen LogP contribution in [0, 0.1) is 0 Å². The van der Waals surface area contributed by atoms with Crippen LogP contribution in [0.3, 0.4) is 0 Å². The first-order valence-electron chi connectivity index (χ1n) is 3.68. The van der Waals surface area contributed by atoms with Crippen LogP contribution in [0.1, 0.15) is 5.01 Å². The largest absolute Gasteiger partial charge is 0.367 e. The molecule has 0 atom stereocenters. The highest BCUT2D eigenvalue weighted by molar-refractivity contribution is 7.09. The Balaban J connectivity index is 2.35. The average molecular weight is 179 g/mol. The highest BCUT2D eigenvalue weighted by Crippen LogP contribution is 2.20. The van der Waals surface area contributed by atoms with Crippen molar-refractivity contribution < 1.29 is 0 Å². The number of nitrogens with two attached hydrogens (primary N) is 1. The van der Waals surface area contributed by atoms with Crippen molar-refractivity contribution in [1.29, 1.82) is 0 Å². The topological polar surface area (TPSA) is 54.7 Å². The second kappa shape index (κ2) is 3.08. The molecule has 0 aliphatic heterocycles. The van der Waals surface area contributed by atoms with E-state index in [0.29, 0.717) is 6.54 Å². The summed E-state index contributed by atoms with van der Waals surface area (Å²) in [5.74, 6) is 0. The lowest BCUT2D eigenvalue weighted by molar-refractivity contribution is 1.04. The molecule has 0 aliphatic carbocycles. The third-order valence-corrected chi connectivity index (χ3v) is 2.49. The van der Waals surface area contributed by atoms with Crippen LogP contribution in [0.4, 0.5) is 0 Å². The fourth-order valence-corrected chi connectivity index (χ4v) is 1.70. The van der Waals surface area contributed by atoms with E-state index in [1.54, 1.807) is 11.3 Å². The van der Waals surface area contributed by atoms with Crippen LogP contribution in [0.25, 0.3) is 11.3 Å². The SMILES string of the molecule is NCc1nc(-c2cc[nH]c2)cs1. The molecule has 0 saturated carbocycles. The molecule has 0 amide bonds. The molecule has 3 nitrogen and oxygen atoms in total. The summed E-state index contributed by atoms with van der Waals surface area (Å²) < 4.78 is 0. The van der Waals surface area contributed by atoms with Gasteiger partial charge in [0.1, 0.15) is 5.01 Å². The first-order chi connectivity index (χ1) is 5.90. The second-order valence-corrected chi connectivity index (χ2v) is 3.37. The van der Waals surface area contributed by atoms with Crippen molar-refractivity contribution in [3.8, 4) is 11.3 Å². The third kappa shape index (κ3) is 1.26. The van der Waals surface area contributed by atoms with Gasteiger partial charge in [0.05, 0.1) is 5.69 Å². The van der Waals surface area contributed by atoms with Gasteiger partial charge in [-0.15, -0.1) is 11.3 Å². The molecule has 2 rings (SSSR count). The summed E-state index contributed by atoms with van der Waals surface area (Å²) in [6.45, 7) is 0.523. The monoisotopic (exact) mass is 179 g/mol. The van der Waals surface area contributed by atoms with Crippen LogP contribution >= 0.6 is 11.3 Å². The number of aromatic amines is 1. The number of hydrogen-bond acceptors (Lipinski definition) is 3. The number of H-pyrrole nitrogens is 1. The second-order valence-electron chi connectivity index (χ2n) is 2.43. The standard InChI is InChI=1S/C8H9N3S/c9-3-8-11-7(5-12-8)6-1-2-10-4-6/h1-2,4-5,10H,3,9H2. The van der Waals surface area contributed by atoms with E-state index in [1.165, 1.54) is 0 Å². The van der Waals surface area contributed by atoms with Gasteiger partial charge in [0.2, 0.25) is 0 Å². The van der Waals surface area contributed by atoms with Crippen molar-refractivity contribution in [2.24, 2.45) is 5.73 Å². The highest BCUT2D eigenvalue weighted by atomic mass is 32.1. The van der Waals surface area contributed by atoms with Gasteiger partial charge in [-0.2, -0.15) is 0 Å². The quantitative estimate of drug-likeness (QED) is 0.735. The Kier molecular flexibility index (Phi) is 1.93. The molecule has 0 bridgehead atoms. The van der Waals surface area contributed by atoms with Gasteiger partial charge in [-0.3, -0.25) is 0 Å². The van der Waals surface area contributed by atoms with Crippen LogP contribution in [-0.2, 0) is 6.54 Å². The van der Waals surface area contributed by atoms with Crippen LogP contribution in [0.2, 0.25) is 0 Å². The van der Waals surface area contributed by atoms with E-state index in [-0.39, 0.29) is 0 Å². The zero-order valence-electron chi connectivity index (χ0n) is 6.45. The Morgan fingerprint density at radius 2 is 2.50 bits per heavy atom. The van der Waals surface area contributed by atoms with Crippen LogP contribution < -0.4 is 5.73 Å². The number of rotatable bonds is 2. The normalized spacial score (nSPS) is 10.4. The molecule has 62 valence electrons. The first kappa shape index (κ1) is 7.52. The van der Waals surface area contributed by atoms with Crippen molar-refractivity contribution in [2.45, 2.75) is 6.54 Å². The minimum absolute atomic E-state index is 0.523. The van der Waals surface area contributed by atoms with Crippen molar-refractivity contribution in [1.82, 2.24) is 9.97 Å².